The SMILES string of the molecule is COC(=O)N1CCN(C(=O)OCC2c3ccccc3-c3ccccc32)CC1C(=O)N(c1cccc(F)c1)[C@@H](C(=O)NC1CC(F)(F)C1)c1ccccc1Cl. The van der Waals surface area contributed by atoms with Gasteiger partial charge in [0.15, 0.2) is 0 Å². The molecule has 4 aromatic carbocycles. The number of amides is 4. The molecular formula is C40H36ClF3N4O6. The van der Waals surface area contributed by atoms with Gasteiger partial charge in [0.1, 0.15) is 24.5 Å². The van der Waals surface area contributed by atoms with Gasteiger partial charge in [-0.2, -0.15) is 0 Å². The zero-order valence-electron chi connectivity index (χ0n) is 29.1. The van der Waals surface area contributed by atoms with Crippen LogP contribution in [0.2, 0.25) is 5.02 Å². The number of piperazine rings is 1. The van der Waals surface area contributed by atoms with E-state index in [-0.39, 0.29) is 48.4 Å². The third kappa shape index (κ3) is 7.20. The molecule has 280 valence electrons. The van der Waals surface area contributed by atoms with Crippen LogP contribution in [0.5, 0.6) is 0 Å². The lowest BCUT2D eigenvalue weighted by molar-refractivity contribution is -0.134. The van der Waals surface area contributed by atoms with Crippen molar-refractivity contribution >= 4 is 41.3 Å². The molecular weight excluding hydrogens is 725 g/mol. The quantitative estimate of drug-likeness (QED) is 0.204. The largest absolute Gasteiger partial charge is 0.453 e. The number of benzene rings is 4. The number of hydrogen-bond acceptors (Lipinski definition) is 6. The summed E-state index contributed by atoms with van der Waals surface area (Å²) in [5.74, 6) is -5.67. The number of ether oxygens (including phenoxy) is 2. The summed E-state index contributed by atoms with van der Waals surface area (Å²) in [5.41, 5.74) is 4.15. The highest BCUT2D eigenvalue weighted by atomic mass is 35.5. The number of rotatable bonds is 8. The van der Waals surface area contributed by atoms with Crippen molar-refractivity contribution in [2.45, 2.75) is 42.8 Å². The van der Waals surface area contributed by atoms with Crippen LogP contribution in [0.1, 0.15) is 41.5 Å². The average molecular weight is 761 g/mol. The first-order chi connectivity index (χ1) is 26.0. The lowest BCUT2D eigenvalue weighted by atomic mass is 9.87. The predicted molar refractivity (Wildman–Crippen MR) is 194 cm³/mol. The number of alkyl halides is 2. The van der Waals surface area contributed by atoms with Crippen LogP contribution in [0.3, 0.4) is 0 Å². The third-order valence-corrected chi connectivity index (χ3v) is 10.5. The Morgan fingerprint density at radius 1 is 0.889 bits per heavy atom. The highest BCUT2D eigenvalue weighted by Gasteiger charge is 2.49. The van der Waals surface area contributed by atoms with Crippen LogP contribution in [0, 0.1) is 5.82 Å². The van der Waals surface area contributed by atoms with Crippen molar-refractivity contribution in [2.75, 3.05) is 38.3 Å². The maximum absolute atomic E-state index is 15.0. The van der Waals surface area contributed by atoms with Gasteiger partial charge in [-0.05, 0) is 46.5 Å². The van der Waals surface area contributed by atoms with E-state index in [2.05, 4.69) is 5.32 Å². The number of nitrogens with zero attached hydrogens (tertiary/aromatic N) is 3. The molecule has 1 N–H and O–H groups in total. The van der Waals surface area contributed by atoms with E-state index in [0.29, 0.717) is 0 Å². The second-order valence-corrected chi connectivity index (χ2v) is 13.9. The lowest BCUT2D eigenvalue weighted by Gasteiger charge is -2.43. The van der Waals surface area contributed by atoms with Gasteiger partial charge in [0.2, 0.25) is 5.91 Å². The Hall–Kier alpha value is -5.56. The molecule has 1 saturated heterocycles. The fourth-order valence-electron chi connectivity index (χ4n) is 7.51. The minimum absolute atomic E-state index is 0.00701. The Morgan fingerprint density at radius 3 is 2.17 bits per heavy atom. The van der Waals surface area contributed by atoms with Crippen molar-refractivity contribution in [1.29, 1.82) is 0 Å². The summed E-state index contributed by atoms with van der Waals surface area (Å²) < 4.78 is 53.4. The minimum atomic E-state index is -2.96. The van der Waals surface area contributed by atoms with E-state index < -0.39 is 66.7 Å². The topological polar surface area (TPSA) is 108 Å². The van der Waals surface area contributed by atoms with Gasteiger partial charge in [-0.1, -0.05) is 84.4 Å². The molecule has 1 saturated carbocycles. The number of carbonyl (C=O) groups is 4. The molecule has 2 fully saturated rings. The van der Waals surface area contributed by atoms with Gasteiger partial charge in [-0.15, -0.1) is 0 Å². The predicted octanol–water partition coefficient (Wildman–Crippen LogP) is 7.17. The summed E-state index contributed by atoms with van der Waals surface area (Å²) in [7, 11) is 1.14. The Morgan fingerprint density at radius 2 is 1.54 bits per heavy atom. The number of halogens is 4. The number of carbonyl (C=O) groups excluding carboxylic acids is 4. The molecule has 3 aliphatic rings. The maximum Gasteiger partial charge on any atom is 0.410 e. The summed E-state index contributed by atoms with van der Waals surface area (Å²) >= 11 is 6.60. The molecule has 2 atom stereocenters. The number of hydrogen-bond donors (Lipinski definition) is 1. The normalized spacial score (nSPS) is 18.1. The summed E-state index contributed by atoms with van der Waals surface area (Å²) in [6.45, 7) is -0.528. The van der Waals surface area contributed by atoms with E-state index in [0.717, 1.165) is 51.3 Å². The fourth-order valence-corrected chi connectivity index (χ4v) is 7.75. The molecule has 4 aromatic rings. The van der Waals surface area contributed by atoms with E-state index in [9.17, 15) is 32.3 Å². The first-order valence-electron chi connectivity index (χ1n) is 17.4. The fraction of sp³-hybridized carbons (Fsp3) is 0.300. The van der Waals surface area contributed by atoms with Gasteiger partial charge >= 0.3 is 12.2 Å². The van der Waals surface area contributed by atoms with Crippen LogP contribution in [0.4, 0.5) is 28.4 Å². The average Bonchev–Trinajstić information content (AvgIpc) is 3.48. The van der Waals surface area contributed by atoms with E-state index >= 15 is 0 Å². The first-order valence-corrected chi connectivity index (χ1v) is 17.8. The van der Waals surface area contributed by atoms with Gasteiger partial charge in [-0.3, -0.25) is 19.4 Å². The van der Waals surface area contributed by atoms with Crippen molar-refractivity contribution in [1.82, 2.24) is 15.1 Å². The summed E-state index contributed by atoms with van der Waals surface area (Å²) in [6, 6.07) is 22.8. The molecule has 54 heavy (non-hydrogen) atoms. The molecule has 0 aromatic heterocycles. The highest BCUT2D eigenvalue weighted by Crippen LogP contribution is 2.45. The Labute approximate surface area is 314 Å². The summed E-state index contributed by atoms with van der Waals surface area (Å²) in [4.78, 5) is 59.4. The van der Waals surface area contributed by atoms with Gasteiger partial charge in [-0.25, -0.2) is 22.8 Å². The Bertz CT molecular complexity index is 2050. The molecule has 4 amide bonds. The lowest BCUT2D eigenvalue weighted by Crippen LogP contribution is -2.63. The zero-order valence-corrected chi connectivity index (χ0v) is 29.8. The van der Waals surface area contributed by atoms with Crippen LogP contribution in [-0.4, -0.2) is 85.2 Å². The van der Waals surface area contributed by atoms with Crippen LogP contribution >= 0.6 is 11.6 Å². The molecule has 2 aliphatic carbocycles. The second kappa shape index (κ2) is 15.1. The molecule has 0 spiro atoms. The number of anilines is 1. The van der Waals surface area contributed by atoms with Gasteiger partial charge in [0.05, 0.1) is 13.7 Å². The number of methoxy groups -OCH3 is 1. The van der Waals surface area contributed by atoms with Crippen molar-refractivity contribution in [3.05, 3.63) is 125 Å². The number of fused-ring (bicyclic) bond motifs is 3. The highest BCUT2D eigenvalue weighted by molar-refractivity contribution is 6.31. The van der Waals surface area contributed by atoms with Crippen LogP contribution in [0.15, 0.2) is 97.1 Å². The Balaban J connectivity index is 1.20. The van der Waals surface area contributed by atoms with Crippen LogP contribution in [-0.2, 0) is 19.1 Å². The monoisotopic (exact) mass is 760 g/mol. The molecule has 0 bridgehead atoms. The van der Waals surface area contributed by atoms with Crippen molar-refractivity contribution < 1.29 is 41.8 Å². The molecule has 14 heteroatoms. The Kier molecular flexibility index (Phi) is 10.3. The molecule has 7 rings (SSSR count). The van der Waals surface area contributed by atoms with Gasteiger partial charge < -0.3 is 19.7 Å². The molecule has 0 radical (unpaired) electrons. The van der Waals surface area contributed by atoms with Crippen molar-refractivity contribution in [3.63, 3.8) is 0 Å². The van der Waals surface area contributed by atoms with Crippen molar-refractivity contribution in [2.24, 2.45) is 0 Å². The first kappa shape index (κ1) is 36.8. The molecule has 1 unspecified atom stereocenters. The van der Waals surface area contributed by atoms with Crippen molar-refractivity contribution in [3.8, 4) is 11.1 Å². The maximum atomic E-state index is 15.0. The van der Waals surface area contributed by atoms with Crippen LogP contribution < -0.4 is 10.2 Å². The standard InChI is InChI=1S/C40H36ClF3N4O6/c1-53-39(52)47-18-17-46(38(51)54-23-32-29-13-4-2-11-27(29)28-12-3-5-14-30(28)32)22-34(47)37(50)48(26-10-8-9-24(42)19-26)35(31-15-6-7-16-33(31)41)36(49)45-25-20-40(43,44)21-25/h2-16,19,25,32,34-35H,17-18,20-23H2,1H3,(H,45,49)/t34?,35-/m1/s1. The minimum Gasteiger partial charge on any atom is -0.453 e. The molecule has 1 heterocycles. The number of nitrogens with one attached hydrogen (secondary N) is 1. The third-order valence-electron chi connectivity index (χ3n) is 10.1. The van der Waals surface area contributed by atoms with Gasteiger partial charge in [0.25, 0.3) is 11.8 Å². The second-order valence-electron chi connectivity index (χ2n) is 13.5. The molecule has 10 nitrogen and oxygen atoms in total. The summed E-state index contributed by atoms with van der Waals surface area (Å²) in [5, 5.41) is 2.66. The summed E-state index contributed by atoms with van der Waals surface area (Å²) in [6.07, 6.45) is -2.82. The van der Waals surface area contributed by atoms with E-state index in [1.807, 2.05) is 48.5 Å². The van der Waals surface area contributed by atoms with E-state index in [4.69, 9.17) is 21.1 Å². The zero-order chi connectivity index (χ0) is 38.1. The van der Waals surface area contributed by atoms with E-state index in [1.54, 1.807) is 12.1 Å². The molecule has 1 aliphatic heterocycles. The van der Waals surface area contributed by atoms with E-state index in [1.165, 1.54) is 29.2 Å². The van der Waals surface area contributed by atoms with Gasteiger partial charge in [0, 0.05) is 54.2 Å². The van der Waals surface area contributed by atoms with Crippen LogP contribution in [0.25, 0.3) is 11.1 Å². The smallest absolute Gasteiger partial charge is 0.410 e.